The lowest BCUT2D eigenvalue weighted by molar-refractivity contribution is 1.25. The predicted octanol–water partition coefficient (Wildman–Crippen LogP) is 6.44. The van der Waals surface area contributed by atoms with Crippen molar-refractivity contribution < 1.29 is 0 Å². The summed E-state index contributed by atoms with van der Waals surface area (Å²) in [6.45, 7) is 2.08. The fourth-order valence-electron chi connectivity index (χ4n) is 2.86. The first-order valence-corrected chi connectivity index (χ1v) is 8.83. The molecule has 4 aromatic rings. The molecule has 0 fully saturated rings. The van der Waals surface area contributed by atoms with Crippen molar-refractivity contribution in [1.29, 1.82) is 0 Å². The summed E-state index contributed by atoms with van der Waals surface area (Å²) in [5, 5.41) is 0.728. The van der Waals surface area contributed by atoms with E-state index in [9.17, 15) is 0 Å². The van der Waals surface area contributed by atoms with Crippen molar-refractivity contribution in [3.05, 3.63) is 95.6 Å². The third-order valence-electron chi connectivity index (χ3n) is 4.28. The molecule has 2 aromatic heterocycles. The van der Waals surface area contributed by atoms with Gasteiger partial charge in [0, 0.05) is 16.8 Å². The Morgan fingerprint density at radius 3 is 2.04 bits per heavy atom. The molecule has 0 atom stereocenters. The molecule has 0 bridgehead atoms. The van der Waals surface area contributed by atoms with Crippen molar-refractivity contribution in [3.8, 4) is 33.8 Å². The molecule has 0 amide bonds. The maximum atomic E-state index is 6.05. The lowest BCUT2D eigenvalue weighted by atomic mass is 10.0. The lowest BCUT2D eigenvalue weighted by Crippen LogP contribution is -1.92. The first kappa shape index (κ1) is 16.5. The highest BCUT2D eigenvalue weighted by Crippen LogP contribution is 2.30. The topological polar surface area (TPSA) is 25.8 Å². The Labute approximate surface area is 158 Å². The summed E-state index contributed by atoms with van der Waals surface area (Å²) in [6.07, 6.45) is 1.79. The van der Waals surface area contributed by atoms with Gasteiger partial charge in [0.15, 0.2) is 0 Å². The Balaban J connectivity index is 1.89. The van der Waals surface area contributed by atoms with Gasteiger partial charge < -0.3 is 0 Å². The highest BCUT2D eigenvalue weighted by atomic mass is 35.5. The van der Waals surface area contributed by atoms with Crippen LogP contribution < -0.4 is 0 Å². The van der Waals surface area contributed by atoms with Gasteiger partial charge in [0.1, 0.15) is 0 Å². The van der Waals surface area contributed by atoms with E-state index in [0.29, 0.717) is 0 Å². The minimum atomic E-state index is 0.728. The Morgan fingerprint density at radius 2 is 1.35 bits per heavy atom. The standard InChI is InChI=1S/C23H17ClN2/c1-16-5-7-18(8-6-16)22-14-19(17-9-11-20(24)12-10-17)15-23(26-22)21-4-2-3-13-25-21/h2-15H,1H3. The maximum Gasteiger partial charge on any atom is 0.0899 e. The summed E-state index contributed by atoms with van der Waals surface area (Å²) in [6, 6.07) is 26.3. The fraction of sp³-hybridized carbons (Fsp3) is 0.0435. The molecule has 0 aliphatic rings. The summed E-state index contributed by atoms with van der Waals surface area (Å²) in [5.41, 5.74) is 7.15. The van der Waals surface area contributed by atoms with E-state index in [1.165, 1.54) is 5.56 Å². The van der Waals surface area contributed by atoms with Gasteiger partial charge in [0.05, 0.1) is 17.1 Å². The van der Waals surface area contributed by atoms with Crippen molar-refractivity contribution >= 4 is 11.6 Å². The molecular formula is C23H17ClN2. The monoisotopic (exact) mass is 356 g/mol. The van der Waals surface area contributed by atoms with Crippen LogP contribution >= 0.6 is 11.6 Å². The molecule has 0 aliphatic heterocycles. The largest absolute Gasteiger partial charge is 0.255 e. The number of hydrogen-bond acceptors (Lipinski definition) is 2. The van der Waals surface area contributed by atoms with Crippen LogP contribution in [0.5, 0.6) is 0 Å². The number of rotatable bonds is 3. The molecule has 0 radical (unpaired) electrons. The highest BCUT2D eigenvalue weighted by molar-refractivity contribution is 6.30. The van der Waals surface area contributed by atoms with Crippen LogP contribution in [0.4, 0.5) is 0 Å². The second-order valence-corrected chi connectivity index (χ2v) is 6.65. The van der Waals surface area contributed by atoms with E-state index >= 15 is 0 Å². The number of aryl methyl sites for hydroxylation is 1. The Kier molecular flexibility index (Phi) is 4.51. The van der Waals surface area contributed by atoms with Gasteiger partial charge in [0.2, 0.25) is 0 Å². The molecule has 126 valence electrons. The SMILES string of the molecule is Cc1ccc(-c2cc(-c3ccc(Cl)cc3)cc(-c3ccccn3)n2)cc1. The van der Waals surface area contributed by atoms with Crippen molar-refractivity contribution in [1.82, 2.24) is 9.97 Å². The molecule has 0 unspecified atom stereocenters. The van der Waals surface area contributed by atoms with Gasteiger partial charge in [-0.25, -0.2) is 4.98 Å². The third-order valence-corrected chi connectivity index (χ3v) is 4.53. The normalized spacial score (nSPS) is 10.7. The zero-order chi connectivity index (χ0) is 17.9. The summed E-state index contributed by atoms with van der Waals surface area (Å²) in [4.78, 5) is 9.32. The average Bonchev–Trinajstić information content (AvgIpc) is 2.69. The zero-order valence-corrected chi connectivity index (χ0v) is 15.1. The third kappa shape index (κ3) is 3.51. The smallest absolute Gasteiger partial charge is 0.0899 e. The van der Waals surface area contributed by atoms with Crippen LogP contribution in [-0.4, -0.2) is 9.97 Å². The number of halogens is 1. The Morgan fingerprint density at radius 1 is 0.654 bits per heavy atom. The van der Waals surface area contributed by atoms with Crippen LogP contribution in [0.1, 0.15) is 5.56 Å². The second kappa shape index (κ2) is 7.11. The Bertz CT molecular complexity index is 960. The van der Waals surface area contributed by atoms with E-state index in [0.717, 1.165) is 38.8 Å². The van der Waals surface area contributed by atoms with Crippen molar-refractivity contribution in [2.45, 2.75) is 6.92 Å². The van der Waals surface area contributed by atoms with E-state index < -0.39 is 0 Å². The molecule has 0 aliphatic carbocycles. The minimum absolute atomic E-state index is 0.728. The summed E-state index contributed by atoms with van der Waals surface area (Å²) in [5.74, 6) is 0. The molecule has 4 rings (SSSR count). The van der Waals surface area contributed by atoms with E-state index in [4.69, 9.17) is 16.6 Å². The van der Waals surface area contributed by atoms with Gasteiger partial charge >= 0.3 is 0 Å². The van der Waals surface area contributed by atoms with E-state index in [1.54, 1.807) is 6.20 Å². The maximum absolute atomic E-state index is 6.05. The summed E-state index contributed by atoms with van der Waals surface area (Å²) < 4.78 is 0. The van der Waals surface area contributed by atoms with Crippen LogP contribution in [0.25, 0.3) is 33.8 Å². The number of hydrogen-bond donors (Lipinski definition) is 0. The lowest BCUT2D eigenvalue weighted by Gasteiger charge is -2.10. The molecule has 0 saturated carbocycles. The summed E-state index contributed by atoms with van der Waals surface area (Å²) >= 11 is 6.05. The van der Waals surface area contributed by atoms with Gasteiger partial charge in [-0.3, -0.25) is 4.98 Å². The van der Waals surface area contributed by atoms with Crippen LogP contribution in [0.3, 0.4) is 0 Å². The zero-order valence-electron chi connectivity index (χ0n) is 14.4. The Hall–Kier alpha value is -2.97. The quantitative estimate of drug-likeness (QED) is 0.422. The molecule has 0 N–H and O–H groups in total. The first-order valence-electron chi connectivity index (χ1n) is 8.45. The highest BCUT2D eigenvalue weighted by Gasteiger charge is 2.09. The molecule has 0 saturated heterocycles. The van der Waals surface area contributed by atoms with Gasteiger partial charge in [-0.2, -0.15) is 0 Å². The van der Waals surface area contributed by atoms with Crippen molar-refractivity contribution in [2.75, 3.05) is 0 Å². The molecular weight excluding hydrogens is 340 g/mol. The van der Waals surface area contributed by atoms with Crippen LogP contribution in [-0.2, 0) is 0 Å². The molecule has 2 heterocycles. The predicted molar refractivity (Wildman–Crippen MR) is 108 cm³/mol. The molecule has 0 spiro atoms. The van der Waals surface area contributed by atoms with Gasteiger partial charge in [-0.15, -0.1) is 0 Å². The van der Waals surface area contributed by atoms with E-state index in [2.05, 4.69) is 48.3 Å². The molecule has 2 aromatic carbocycles. The van der Waals surface area contributed by atoms with Crippen LogP contribution in [0, 0.1) is 6.92 Å². The number of benzene rings is 2. The van der Waals surface area contributed by atoms with Gasteiger partial charge in [0.25, 0.3) is 0 Å². The molecule has 3 heteroatoms. The van der Waals surface area contributed by atoms with Crippen LogP contribution in [0.2, 0.25) is 5.02 Å². The van der Waals surface area contributed by atoms with Crippen molar-refractivity contribution in [3.63, 3.8) is 0 Å². The number of aromatic nitrogens is 2. The van der Waals surface area contributed by atoms with Crippen LogP contribution in [0.15, 0.2) is 85.1 Å². The molecule has 26 heavy (non-hydrogen) atoms. The number of nitrogens with zero attached hydrogens (tertiary/aromatic N) is 2. The minimum Gasteiger partial charge on any atom is -0.255 e. The van der Waals surface area contributed by atoms with E-state index in [-0.39, 0.29) is 0 Å². The second-order valence-electron chi connectivity index (χ2n) is 6.21. The fourth-order valence-corrected chi connectivity index (χ4v) is 2.98. The van der Waals surface area contributed by atoms with Crippen molar-refractivity contribution in [2.24, 2.45) is 0 Å². The van der Waals surface area contributed by atoms with E-state index in [1.807, 2.05) is 42.5 Å². The molecule has 2 nitrogen and oxygen atoms in total. The van der Waals surface area contributed by atoms with Gasteiger partial charge in [-0.1, -0.05) is 59.6 Å². The summed E-state index contributed by atoms with van der Waals surface area (Å²) in [7, 11) is 0. The first-order chi connectivity index (χ1) is 12.7. The van der Waals surface area contributed by atoms with Gasteiger partial charge in [-0.05, 0) is 54.4 Å². The number of pyridine rings is 2. The average molecular weight is 357 g/mol.